The average Bonchev–Trinajstić information content (AvgIpc) is 2.76. The molecule has 88 valence electrons. The molecule has 0 aliphatic rings. The summed E-state index contributed by atoms with van der Waals surface area (Å²) in [5, 5.41) is 4.30. The normalized spacial score (nSPS) is 10.5. The van der Waals surface area contributed by atoms with E-state index in [1.54, 1.807) is 11.3 Å². The molecule has 2 rings (SSSR count). The molecular weight excluding hydrogens is 259 g/mol. The summed E-state index contributed by atoms with van der Waals surface area (Å²) in [6, 6.07) is 5.99. The molecule has 0 saturated heterocycles. The van der Waals surface area contributed by atoms with E-state index >= 15 is 0 Å². The molecule has 0 saturated carbocycles. The fraction of sp³-hybridized carbons (Fsp3) is 0.154. The van der Waals surface area contributed by atoms with Gasteiger partial charge in [0.25, 0.3) is 0 Å². The van der Waals surface area contributed by atoms with Crippen molar-refractivity contribution in [2.75, 3.05) is 0 Å². The third-order valence-electron chi connectivity index (χ3n) is 2.38. The smallest absolute Gasteiger partial charge is 0.141 e. The van der Waals surface area contributed by atoms with Gasteiger partial charge in [0.15, 0.2) is 0 Å². The van der Waals surface area contributed by atoms with Crippen LogP contribution < -0.4 is 0 Å². The molecule has 1 heterocycles. The number of benzene rings is 1. The van der Waals surface area contributed by atoms with Gasteiger partial charge in [-0.2, -0.15) is 11.3 Å². The highest BCUT2D eigenvalue weighted by Gasteiger charge is 2.09. The van der Waals surface area contributed by atoms with Crippen LogP contribution in [0.3, 0.4) is 0 Å². The summed E-state index contributed by atoms with van der Waals surface area (Å²) < 4.78 is 13.0. The van der Waals surface area contributed by atoms with E-state index in [1.165, 1.54) is 18.2 Å². The Hall–Kier alpha value is -1.19. The van der Waals surface area contributed by atoms with Crippen LogP contribution in [-0.4, -0.2) is 5.78 Å². The zero-order chi connectivity index (χ0) is 12.3. The number of thiophene rings is 1. The molecule has 0 fully saturated rings. The molecule has 1 nitrogen and oxygen atoms in total. The van der Waals surface area contributed by atoms with Crippen molar-refractivity contribution in [3.8, 4) is 0 Å². The second kappa shape index (κ2) is 5.43. The molecule has 1 aromatic carbocycles. The maximum Gasteiger partial charge on any atom is 0.141 e. The minimum Gasteiger partial charge on any atom is -0.299 e. The quantitative estimate of drug-likeness (QED) is 0.822. The third-order valence-corrected chi connectivity index (χ3v) is 3.48. The first-order valence-corrected chi connectivity index (χ1v) is 6.44. The summed E-state index contributed by atoms with van der Waals surface area (Å²) in [6.45, 7) is 0. The van der Waals surface area contributed by atoms with Crippen LogP contribution in [0.2, 0.25) is 5.02 Å². The molecular formula is C13H10ClFOS. The predicted octanol–water partition coefficient (Wildman–Crippen LogP) is 3.89. The lowest BCUT2D eigenvalue weighted by Gasteiger charge is -2.03. The third kappa shape index (κ3) is 3.38. The Morgan fingerprint density at radius 2 is 2.12 bits per heavy atom. The molecule has 0 radical (unpaired) electrons. The molecule has 0 aliphatic carbocycles. The van der Waals surface area contributed by atoms with Gasteiger partial charge in [-0.25, -0.2) is 4.39 Å². The number of hydrogen-bond acceptors (Lipinski definition) is 2. The lowest BCUT2D eigenvalue weighted by molar-refractivity contribution is -0.117. The molecule has 1 aromatic heterocycles. The lowest BCUT2D eigenvalue weighted by atomic mass is 10.0. The zero-order valence-corrected chi connectivity index (χ0v) is 10.5. The number of carbonyl (C=O) groups is 1. The molecule has 0 spiro atoms. The Labute approximate surface area is 108 Å². The van der Waals surface area contributed by atoms with Crippen molar-refractivity contribution < 1.29 is 9.18 Å². The van der Waals surface area contributed by atoms with Crippen LogP contribution in [0.4, 0.5) is 4.39 Å². The maximum atomic E-state index is 13.0. The van der Waals surface area contributed by atoms with Gasteiger partial charge in [-0.15, -0.1) is 0 Å². The standard InChI is InChI=1S/C13H10ClFOS/c14-13-2-1-11(15)6-10(13)7-12(16)5-9-3-4-17-8-9/h1-4,6,8H,5,7H2. The number of halogens is 2. The molecule has 0 amide bonds. The molecule has 0 unspecified atom stereocenters. The van der Waals surface area contributed by atoms with Gasteiger partial charge in [0.2, 0.25) is 0 Å². The highest BCUT2D eigenvalue weighted by Crippen LogP contribution is 2.18. The fourth-order valence-corrected chi connectivity index (χ4v) is 2.43. The number of Topliss-reactive ketones (excluding diaryl/α,β-unsaturated/α-hetero) is 1. The van der Waals surface area contributed by atoms with Gasteiger partial charge in [0.1, 0.15) is 11.6 Å². The summed E-state index contributed by atoms with van der Waals surface area (Å²) in [4.78, 5) is 11.8. The first-order valence-electron chi connectivity index (χ1n) is 5.12. The summed E-state index contributed by atoms with van der Waals surface area (Å²) in [6.07, 6.45) is 0.544. The molecule has 17 heavy (non-hydrogen) atoms. The van der Waals surface area contributed by atoms with Gasteiger partial charge in [0.05, 0.1) is 0 Å². The van der Waals surface area contributed by atoms with E-state index in [4.69, 9.17) is 11.6 Å². The van der Waals surface area contributed by atoms with E-state index in [9.17, 15) is 9.18 Å². The van der Waals surface area contributed by atoms with Crippen molar-refractivity contribution in [3.63, 3.8) is 0 Å². The molecule has 0 aliphatic heterocycles. The van der Waals surface area contributed by atoms with Crippen LogP contribution in [0.25, 0.3) is 0 Å². The van der Waals surface area contributed by atoms with Crippen LogP contribution in [0, 0.1) is 5.82 Å². The minimum atomic E-state index is -0.368. The maximum absolute atomic E-state index is 13.0. The lowest BCUT2D eigenvalue weighted by Crippen LogP contribution is -2.06. The van der Waals surface area contributed by atoms with Crippen molar-refractivity contribution in [3.05, 3.63) is 57.0 Å². The molecule has 2 aromatic rings. The van der Waals surface area contributed by atoms with E-state index in [2.05, 4.69) is 0 Å². The van der Waals surface area contributed by atoms with Gasteiger partial charge in [-0.3, -0.25) is 4.79 Å². The van der Waals surface area contributed by atoms with Crippen LogP contribution in [0.5, 0.6) is 0 Å². The molecule has 0 atom stereocenters. The number of ketones is 1. The van der Waals surface area contributed by atoms with E-state index < -0.39 is 0 Å². The van der Waals surface area contributed by atoms with Crippen molar-refractivity contribution in [2.45, 2.75) is 12.8 Å². The monoisotopic (exact) mass is 268 g/mol. The zero-order valence-electron chi connectivity index (χ0n) is 8.95. The van der Waals surface area contributed by atoms with Crippen LogP contribution in [-0.2, 0) is 17.6 Å². The van der Waals surface area contributed by atoms with E-state index in [1.807, 2.05) is 16.8 Å². The number of carbonyl (C=O) groups excluding carboxylic acids is 1. The van der Waals surface area contributed by atoms with E-state index in [0.29, 0.717) is 17.0 Å². The van der Waals surface area contributed by atoms with Crippen molar-refractivity contribution in [1.29, 1.82) is 0 Å². The largest absolute Gasteiger partial charge is 0.299 e. The van der Waals surface area contributed by atoms with Crippen molar-refractivity contribution in [2.24, 2.45) is 0 Å². The van der Waals surface area contributed by atoms with Gasteiger partial charge in [-0.05, 0) is 46.2 Å². The number of hydrogen-bond donors (Lipinski definition) is 0. The first kappa shape index (κ1) is 12.3. The van der Waals surface area contributed by atoms with Gasteiger partial charge >= 0.3 is 0 Å². The predicted molar refractivity (Wildman–Crippen MR) is 68.1 cm³/mol. The molecule has 0 bridgehead atoms. The highest BCUT2D eigenvalue weighted by atomic mass is 35.5. The fourth-order valence-electron chi connectivity index (χ4n) is 1.57. The Morgan fingerprint density at radius 3 is 2.82 bits per heavy atom. The first-order chi connectivity index (χ1) is 8.15. The van der Waals surface area contributed by atoms with Gasteiger partial charge in [0, 0.05) is 17.9 Å². The number of rotatable bonds is 4. The summed E-state index contributed by atoms with van der Waals surface area (Å²) in [5.41, 5.74) is 1.54. The average molecular weight is 269 g/mol. The Morgan fingerprint density at radius 1 is 1.29 bits per heavy atom. The Kier molecular flexibility index (Phi) is 3.92. The Balaban J connectivity index is 2.05. The van der Waals surface area contributed by atoms with Crippen LogP contribution >= 0.6 is 22.9 Å². The topological polar surface area (TPSA) is 17.1 Å². The second-order valence-corrected chi connectivity index (χ2v) is 4.95. The van der Waals surface area contributed by atoms with Gasteiger partial charge in [-0.1, -0.05) is 11.6 Å². The molecule has 0 N–H and O–H groups in total. The van der Waals surface area contributed by atoms with Gasteiger partial charge < -0.3 is 0 Å². The van der Waals surface area contributed by atoms with E-state index in [-0.39, 0.29) is 18.0 Å². The van der Waals surface area contributed by atoms with Crippen LogP contribution in [0.1, 0.15) is 11.1 Å². The summed E-state index contributed by atoms with van der Waals surface area (Å²) in [5.74, 6) is -0.330. The summed E-state index contributed by atoms with van der Waals surface area (Å²) in [7, 11) is 0. The highest BCUT2D eigenvalue weighted by molar-refractivity contribution is 7.08. The Bertz CT molecular complexity index is 522. The van der Waals surface area contributed by atoms with E-state index in [0.717, 1.165) is 5.56 Å². The SMILES string of the molecule is O=C(Cc1ccsc1)Cc1cc(F)ccc1Cl. The van der Waals surface area contributed by atoms with Crippen molar-refractivity contribution >= 4 is 28.7 Å². The second-order valence-electron chi connectivity index (χ2n) is 3.76. The minimum absolute atomic E-state index is 0.0379. The molecule has 4 heteroatoms. The van der Waals surface area contributed by atoms with Crippen molar-refractivity contribution in [1.82, 2.24) is 0 Å². The summed E-state index contributed by atoms with van der Waals surface area (Å²) >= 11 is 7.46. The van der Waals surface area contributed by atoms with Crippen LogP contribution in [0.15, 0.2) is 35.0 Å².